The van der Waals surface area contributed by atoms with Crippen LogP contribution in [0.5, 0.6) is 0 Å². The van der Waals surface area contributed by atoms with Gasteiger partial charge in [0.15, 0.2) is 11.8 Å². The summed E-state index contributed by atoms with van der Waals surface area (Å²) in [5.74, 6) is -2.47. The molecule has 5 atom stereocenters. The molecule has 0 radical (unpaired) electrons. The van der Waals surface area contributed by atoms with Crippen LogP contribution in [0, 0.1) is 11.8 Å². The molecule has 2 saturated heterocycles. The van der Waals surface area contributed by atoms with Gasteiger partial charge in [0.25, 0.3) is 0 Å². The Hall–Kier alpha value is -1.69. The molecule has 2 aliphatic heterocycles. The maximum absolute atomic E-state index is 12.1. The summed E-state index contributed by atoms with van der Waals surface area (Å²) in [5, 5.41) is 9.57. The summed E-state index contributed by atoms with van der Waals surface area (Å²) in [6.07, 6.45) is 0.571. The smallest absolute Gasteiger partial charge is 0.337 e. The molecule has 0 aromatic rings. The standard InChI is InChI=1S/C13H17NO5/c1-4-5-19-13(18)10-11(16)6(2)9-8(7(3)15)12(17)14(9)10/h4,6-10,15H,1,5H2,2-3H3. The summed E-state index contributed by atoms with van der Waals surface area (Å²) in [6, 6.07) is -1.57. The van der Waals surface area contributed by atoms with Crippen molar-refractivity contribution >= 4 is 17.7 Å². The number of Topliss-reactive ketones (excluding diaryl/α,β-unsaturated/α-hetero) is 1. The summed E-state index contributed by atoms with van der Waals surface area (Å²) in [7, 11) is 0. The van der Waals surface area contributed by atoms with Crippen LogP contribution in [0.3, 0.4) is 0 Å². The van der Waals surface area contributed by atoms with E-state index in [2.05, 4.69) is 6.58 Å². The molecule has 6 heteroatoms. The zero-order valence-electron chi connectivity index (χ0n) is 10.9. The van der Waals surface area contributed by atoms with Gasteiger partial charge in [-0.3, -0.25) is 9.59 Å². The van der Waals surface area contributed by atoms with E-state index < -0.39 is 36.0 Å². The molecule has 6 nitrogen and oxygen atoms in total. The Kier molecular flexibility index (Phi) is 3.45. The number of esters is 1. The van der Waals surface area contributed by atoms with E-state index in [0.717, 1.165) is 0 Å². The van der Waals surface area contributed by atoms with Crippen molar-refractivity contribution in [2.45, 2.75) is 32.0 Å². The molecule has 5 unspecified atom stereocenters. The van der Waals surface area contributed by atoms with Gasteiger partial charge in [0.1, 0.15) is 6.61 Å². The number of fused-ring (bicyclic) bond motifs is 1. The molecule has 0 aliphatic carbocycles. The van der Waals surface area contributed by atoms with E-state index in [1.165, 1.54) is 17.9 Å². The van der Waals surface area contributed by atoms with E-state index >= 15 is 0 Å². The molecule has 19 heavy (non-hydrogen) atoms. The Balaban J connectivity index is 2.20. The molecule has 1 N–H and O–H groups in total. The van der Waals surface area contributed by atoms with Crippen molar-refractivity contribution in [1.29, 1.82) is 0 Å². The molecule has 2 aliphatic rings. The minimum absolute atomic E-state index is 0.00349. The van der Waals surface area contributed by atoms with Crippen molar-refractivity contribution in [3.63, 3.8) is 0 Å². The van der Waals surface area contributed by atoms with Gasteiger partial charge in [-0.2, -0.15) is 0 Å². The Labute approximate surface area is 111 Å². The minimum Gasteiger partial charge on any atom is -0.460 e. The third kappa shape index (κ3) is 1.87. The maximum atomic E-state index is 12.1. The highest BCUT2D eigenvalue weighted by atomic mass is 16.5. The van der Waals surface area contributed by atoms with Crippen LogP contribution in [0.4, 0.5) is 0 Å². The average molecular weight is 267 g/mol. The zero-order valence-corrected chi connectivity index (χ0v) is 10.9. The highest BCUT2D eigenvalue weighted by Crippen LogP contribution is 2.43. The Bertz CT molecular complexity index is 444. The second-order valence-corrected chi connectivity index (χ2v) is 5.01. The third-order valence-corrected chi connectivity index (χ3v) is 3.82. The van der Waals surface area contributed by atoms with Crippen molar-refractivity contribution < 1.29 is 24.2 Å². The van der Waals surface area contributed by atoms with Crippen LogP contribution in [-0.4, -0.2) is 52.5 Å². The van der Waals surface area contributed by atoms with Gasteiger partial charge in [-0.1, -0.05) is 19.6 Å². The summed E-state index contributed by atoms with van der Waals surface area (Å²) in [6.45, 7) is 6.60. The highest BCUT2D eigenvalue weighted by Gasteiger charge is 2.64. The first-order valence-electron chi connectivity index (χ1n) is 6.23. The van der Waals surface area contributed by atoms with E-state index in [4.69, 9.17) is 4.74 Å². The first-order valence-corrected chi connectivity index (χ1v) is 6.23. The molecular weight excluding hydrogens is 250 g/mol. The fourth-order valence-corrected chi connectivity index (χ4v) is 2.90. The van der Waals surface area contributed by atoms with E-state index in [-0.39, 0.29) is 18.3 Å². The maximum Gasteiger partial charge on any atom is 0.337 e. The predicted octanol–water partition coefficient (Wildman–Crippen LogP) is -0.489. The molecule has 0 aromatic heterocycles. The lowest BCUT2D eigenvalue weighted by Crippen LogP contribution is -2.65. The molecule has 2 rings (SSSR count). The number of rotatable bonds is 4. The third-order valence-electron chi connectivity index (χ3n) is 3.82. The van der Waals surface area contributed by atoms with Crippen LogP contribution in [0.25, 0.3) is 0 Å². The number of hydrogen-bond acceptors (Lipinski definition) is 5. The first kappa shape index (κ1) is 13.7. The second-order valence-electron chi connectivity index (χ2n) is 5.01. The van der Waals surface area contributed by atoms with E-state index in [0.29, 0.717) is 0 Å². The molecular formula is C13H17NO5. The number of aliphatic hydroxyl groups is 1. The van der Waals surface area contributed by atoms with Gasteiger partial charge in [0, 0.05) is 5.92 Å². The lowest BCUT2D eigenvalue weighted by Gasteiger charge is -2.46. The van der Waals surface area contributed by atoms with E-state index in [9.17, 15) is 19.5 Å². The molecule has 1 amide bonds. The normalized spacial score (nSPS) is 34.6. The largest absolute Gasteiger partial charge is 0.460 e. The number of carbonyl (C=O) groups is 3. The second kappa shape index (κ2) is 4.77. The lowest BCUT2D eigenvalue weighted by molar-refractivity contribution is -0.172. The van der Waals surface area contributed by atoms with Crippen LogP contribution in [-0.2, 0) is 19.1 Å². The van der Waals surface area contributed by atoms with Gasteiger partial charge in [0.05, 0.1) is 18.1 Å². The lowest BCUT2D eigenvalue weighted by atomic mass is 9.79. The topological polar surface area (TPSA) is 83.9 Å². The van der Waals surface area contributed by atoms with Gasteiger partial charge in [0.2, 0.25) is 5.91 Å². The number of aliphatic hydroxyl groups excluding tert-OH is 1. The minimum atomic E-state index is -1.16. The van der Waals surface area contributed by atoms with Gasteiger partial charge < -0.3 is 14.7 Å². The van der Waals surface area contributed by atoms with Crippen LogP contribution in [0.15, 0.2) is 12.7 Å². The average Bonchev–Trinajstić information content (AvgIpc) is 2.57. The molecule has 0 aromatic carbocycles. The Morgan fingerprint density at radius 3 is 2.74 bits per heavy atom. The molecule has 104 valence electrons. The van der Waals surface area contributed by atoms with Gasteiger partial charge in [-0.05, 0) is 6.92 Å². The Morgan fingerprint density at radius 1 is 1.58 bits per heavy atom. The monoisotopic (exact) mass is 267 g/mol. The number of β-lactam (4-membered cyclic amide) rings is 1. The quantitative estimate of drug-likeness (QED) is 0.321. The zero-order chi connectivity index (χ0) is 14.3. The van der Waals surface area contributed by atoms with E-state index in [1.807, 2.05) is 0 Å². The van der Waals surface area contributed by atoms with Gasteiger partial charge in [-0.25, -0.2) is 4.79 Å². The Morgan fingerprint density at radius 2 is 2.21 bits per heavy atom. The van der Waals surface area contributed by atoms with Gasteiger partial charge in [-0.15, -0.1) is 0 Å². The molecule has 0 bridgehead atoms. The van der Waals surface area contributed by atoms with E-state index in [1.54, 1.807) is 6.92 Å². The number of nitrogens with zero attached hydrogens (tertiary/aromatic N) is 1. The summed E-state index contributed by atoms with van der Waals surface area (Å²) in [5.41, 5.74) is 0. The molecule has 2 fully saturated rings. The van der Waals surface area contributed by atoms with Crippen LogP contribution in [0.2, 0.25) is 0 Å². The summed E-state index contributed by atoms with van der Waals surface area (Å²) in [4.78, 5) is 37.1. The van der Waals surface area contributed by atoms with Crippen molar-refractivity contribution in [2.75, 3.05) is 6.61 Å². The number of carbonyl (C=O) groups excluding carboxylic acids is 3. The van der Waals surface area contributed by atoms with Crippen molar-refractivity contribution in [1.82, 2.24) is 4.90 Å². The fourth-order valence-electron chi connectivity index (χ4n) is 2.90. The molecule has 0 spiro atoms. The number of ether oxygens (including phenoxy) is 1. The summed E-state index contributed by atoms with van der Waals surface area (Å²) < 4.78 is 4.86. The first-order chi connectivity index (χ1) is 8.91. The van der Waals surface area contributed by atoms with Crippen LogP contribution < -0.4 is 0 Å². The highest BCUT2D eigenvalue weighted by molar-refractivity contribution is 6.12. The van der Waals surface area contributed by atoms with Gasteiger partial charge >= 0.3 is 5.97 Å². The van der Waals surface area contributed by atoms with Crippen molar-refractivity contribution in [3.8, 4) is 0 Å². The predicted molar refractivity (Wildman–Crippen MR) is 64.9 cm³/mol. The summed E-state index contributed by atoms with van der Waals surface area (Å²) >= 11 is 0. The molecule has 2 heterocycles. The number of amides is 1. The molecule has 0 saturated carbocycles. The van der Waals surface area contributed by atoms with Crippen LogP contribution in [0.1, 0.15) is 13.8 Å². The van der Waals surface area contributed by atoms with Crippen molar-refractivity contribution in [2.24, 2.45) is 11.8 Å². The number of ketones is 1. The fraction of sp³-hybridized carbons (Fsp3) is 0.615. The van der Waals surface area contributed by atoms with Crippen LogP contribution >= 0.6 is 0 Å². The number of hydrogen-bond donors (Lipinski definition) is 1. The SMILES string of the molecule is C=CCOC(=O)C1C(=O)C(C)C2C(C(C)O)C(=O)N12. The van der Waals surface area contributed by atoms with Crippen molar-refractivity contribution in [3.05, 3.63) is 12.7 Å².